The summed E-state index contributed by atoms with van der Waals surface area (Å²) in [6, 6.07) is 21.2. The van der Waals surface area contributed by atoms with E-state index in [4.69, 9.17) is 26.1 Å². The van der Waals surface area contributed by atoms with E-state index in [-0.39, 0.29) is 29.3 Å². The second-order valence-electron chi connectivity index (χ2n) is 19.4. The third-order valence-corrected chi connectivity index (χ3v) is 15.8. The van der Waals surface area contributed by atoms with Gasteiger partial charge in [-0.25, -0.2) is 22.8 Å². The maximum Gasteiger partial charge on any atom is 0.312 e. The monoisotopic (exact) mass is 961 g/mol. The van der Waals surface area contributed by atoms with Gasteiger partial charge in [0.2, 0.25) is 0 Å². The SMILES string of the molecule is CC1(C)CCC(CN2CCN(c3ccc(C(=O)NS(=O)(=O)c4ccc(OC[C@@H]5CCN(C6CCOCC6)C5)c([N+](=O)[O-])c4)c(-n4ncc5nc6[nH]ccc6cc54)c3)CC2)=C(c2ccc(Cl)cc2)C1. The number of nitrogens with one attached hydrogen (secondary N) is 2. The lowest BCUT2D eigenvalue weighted by Gasteiger charge is -2.39. The van der Waals surface area contributed by atoms with E-state index in [1.807, 2.05) is 36.4 Å². The Morgan fingerprint density at radius 2 is 1.79 bits per heavy atom. The summed E-state index contributed by atoms with van der Waals surface area (Å²) < 4.78 is 43.2. The van der Waals surface area contributed by atoms with Crippen molar-refractivity contribution in [2.45, 2.75) is 63.3 Å². The van der Waals surface area contributed by atoms with Gasteiger partial charge in [-0.3, -0.25) is 24.7 Å². The molecule has 6 heterocycles. The number of piperazine rings is 1. The maximum atomic E-state index is 14.3. The molecule has 356 valence electrons. The van der Waals surface area contributed by atoms with Crippen molar-refractivity contribution in [2.75, 3.05) is 70.5 Å². The van der Waals surface area contributed by atoms with Crippen molar-refractivity contribution in [1.82, 2.24) is 34.3 Å². The number of nitrogens with zero attached hydrogens (tertiary/aromatic N) is 7. The number of likely N-dealkylation sites (tertiary alicyclic amines) is 1. The van der Waals surface area contributed by atoms with Crippen LogP contribution in [-0.2, 0) is 14.8 Å². The summed E-state index contributed by atoms with van der Waals surface area (Å²) in [5.41, 5.74) is 6.95. The van der Waals surface area contributed by atoms with Gasteiger partial charge in [0.1, 0.15) is 11.2 Å². The molecule has 1 amide bonds. The van der Waals surface area contributed by atoms with E-state index >= 15 is 0 Å². The quantitative estimate of drug-likeness (QED) is 0.0837. The van der Waals surface area contributed by atoms with Gasteiger partial charge in [-0.2, -0.15) is 5.10 Å². The molecule has 68 heavy (non-hydrogen) atoms. The van der Waals surface area contributed by atoms with Crippen LogP contribution in [-0.4, -0.2) is 120 Å². The van der Waals surface area contributed by atoms with Gasteiger partial charge in [0.05, 0.1) is 39.4 Å². The number of hydrogen-bond acceptors (Lipinski definition) is 12. The number of halogens is 1. The van der Waals surface area contributed by atoms with Gasteiger partial charge >= 0.3 is 5.69 Å². The van der Waals surface area contributed by atoms with Gasteiger partial charge in [0.25, 0.3) is 15.9 Å². The Kier molecular flexibility index (Phi) is 12.8. The van der Waals surface area contributed by atoms with Gasteiger partial charge < -0.3 is 19.4 Å². The highest BCUT2D eigenvalue weighted by molar-refractivity contribution is 7.90. The Labute approximate surface area is 400 Å². The Balaban J connectivity index is 0.879. The Morgan fingerprint density at radius 1 is 1.00 bits per heavy atom. The fourth-order valence-electron chi connectivity index (χ4n) is 10.4. The second kappa shape index (κ2) is 18.9. The van der Waals surface area contributed by atoms with E-state index in [1.165, 1.54) is 28.8 Å². The first-order chi connectivity index (χ1) is 32.8. The number of nitro groups is 1. The predicted octanol–water partition coefficient (Wildman–Crippen LogP) is 8.25. The third-order valence-electron chi connectivity index (χ3n) is 14.2. The fourth-order valence-corrected chi connectivity index (χ4v) is 11.5. The zero-order chi connectivity index (χ0) is 47.2. The number of benzene rings is 3. The number of allylic oxidation sites excluding steroid dienone is 1. The van der Waals surface area contributed by atoms with E-state index in [2.05, 4.69) is 55.5 Å². The molecular formula is C50H56ClN9O7S. The van der Waals surface area contributed by atoms with Crippen LogP contribution in [0.1, 0.15) is 68.3 Å². The van der Waals surface area contributed by atoms with Crippen molar-refractivity contribution in [3.63, 3.8) is 0 Å². The molecule has 0 saturated carbocycles. The Hall–Kier alpha value is -5.85. The van der Waals surface area contributed by atoms with Crippen LogP contribution in [0.25, 0.3) is 33.3 Å². The van der Waals surface area contributed by atoms with Crippen LogP contribution in [0.4, 0.5) is 11.4 Å². The molecule has 3 aliphatic heterocycles. The summed E-state index contributed by atoms with van der Waals surface area (Å²) in [5, 5.41) is 18.5. The lowest BCUT2D eigenvalue weighted by Crippen LogP contribution is -2.47. The number of amides is 1. The number of fused-ring (bicyclic) bond motifs is 2. The van der Waals surface area contributed by atoms with Crippen LogP contribution in [0.2, 0.25) is 5.02 Å². The summed E-state index contributed by atoms with van der Waals surface area (Å²) in [4.78, 5) is 40.5. The molecule has 2 N–H and O–H groups in total. The zero-order valence-corrected chi connectivity index (χ0v) is 39.9. The molecule has 6 aromatic rings. The maximum absolute atomic E-state index is 14.3. The minimum absolute atomic E-state index is 0.0306. The lowest BCUT2D eigenvalue weighted by molar-refractivity contribution is -0.386. The first-order valence-corrected chi connectivity index (χ1v) is 25.3. The number of ether oxygens (including phenoxy) is 2. The largest absolute Gasteiger partial charge is 0.486 e. The molecule has 3 fully saturated rings. The van der Waals surface area contributed by atoms with E-state index in [0.717, 1.165) is 120 Å². The first kappa shape index (κ1) is 45.9. The van der Waals surface area contributed by atoms with Crippen molar-refractivity contribution in [1.29, 1.82) is 0 Å². The van der Waals surface area contributed by atoms with Crippen LogP contribution < -0.4 is 14.4 Å². The van der Waals surface area contributed by atoms with Crippen LogP contribution in [0.3, 0.4) is 0 Å². The molecular weight excluding hydrogens is 906 g/mol. The molecule has 0 radical (unpaired) electrons. The molecule has 0 bridgehead atoms. The van der Waals surface area contributed by atoms with E-state index < -0.39 is 31.4 Å². The fraction of sp³-hybridized carbons (Fsp3) is 0.420. The normalized spacial score (nSPS) is 19.8. The molecule has 3 aromatic carbocycles. The van der Waals surface area contributed by atoms with E-state index in [1.54, 1.807) is 23.1 Å². The number of anilines is 1. The summed E-state index contributed by atoms with van der Waals surface area (Å²) in [6.45, 7) is 12.2. The minimum Gasteiger partial charge on any atom is -0.486 e. The van der Waals surface area contributed by atoms with Crippen LogP contribution in [0.15, 0.2) is 95.7 Å². The molecule has 4 aliphatic rings. The number of carbonyl (C=O) groups is 1. The van der Waals surface area contributed by atoms with Crippen molar-refractivity contribution in [2.24, 2.45) is 11.3 Å². The number of aromatic nitrogens is 4. The van der Waals surface area contributed by atoms with Gasteiger partial charge in [0.15, 0.2) is 5.75 Å². The van der Waals surface area contributed by atoms with Gasteiger partial charge in [0, 0.05) is 92.8 Å². The predicted molar refractivity (Wildman–Crippen MR) is 262 cm³/mol. The summed E-state index contributed by atoms with van der Waals surface area (Å²) in [7, 11) is -4.61. The molecule has 3 saturated heterocycles. The molecule has 16 nitrogen and oxygen atoms in total. The number of carbonyl (C=O) groups excluding carboxylic acids is 1. The lowest BCUT2D eigenvalue weighted by atomic mass is 9.72. The van der Waals surface area contributed by atoms with Crippen molar-refractivity contribution >= 4 is 66.5 Å². The Morgan fingerprint density at radius 3 is 2.57 bits per heavy atom. The molecule has 1 atom stereocenters. The summed E-state index contributed by atoms with van der Waals surface area (Å²) in [6.07, 6.45) is 9.46. The van der Waals surface area contributed by atoms with E-state index in [9.17, 15) is 23.3 Å². The number of H-pyrrole nitrogens is 1. The topological polar surface area (TPSA) is 181 Å². The highest BCUT2D eigenvalue weighted by atomic mass is 35.5. The smallest absolute Gasteiger partial charge is 0.312 e. The van der Waals surface area contributed by atoms with Gasteiger partial charge in [-0.05, 0) is 116 Å². The standard InChI is InChI=1S/C50H56ClN9O7S/c1-50(2)16-11-36(42(28-50)34-3-5-37(51)6-4-34)31-56-19-21-57(22-20-56)39-7-9-41(44(26-39)59-45-25-35-12-17-52-48(35)54-43(45)29-53-59)49(61)55-68(64,65)40-8-10-47(46(27-40)60(62)63)67-32-33-13-18-58(30-33)38-14-23-66-24-15-38/h3-10,12,17,25-27,29,33,38H,11,13-16,18-24,28,30-32H2,1-2H3,(H,52,54)(H,55,61)/t33-/m1/s1. The van der Waals surface area contributed by atoms with Crippen molar-refractivity contribution < 1.29 is 27.6 Å². The van der Waals surface area contributed by atoms with Crippen LogP contribution in [0, 0.1) is 21.4 Å². The van der Waals surface area contributed by atoms with Crippen LogP contribution >= 0.6 is 11.6 Å². The molecule has 0 spiro atoms. The molecule has 1 aliphatic carbocycles. The van der Waals surface area contributed by atoms with E-state index in [0.29, 0.717) is 28.4 Å². The minimum atomic E-state index is -4.61. The van der Waals surface area contributed by atoms with Crippen molar-refractivity contribution in [3.8, 4) is 11.4 Å². The Bertz CT molecular complexity index is 3010. The summed E-state index contributed by atoms with van der Waals surface area (Å²) >= 11 is 6.27. The van der Waals surface area contributed by atoms with Crippen molar-refractivity contribution in [3.05, 3.63) is 117 Å². The van der Waals surface area contributed by atoms with Crippen LogP contribution in [0.5, 0.6) is 5.75 Å². The number of sulfonamides is 1. The molecule has 3 aromatic heterocycles. The average molecular weight is 963 g/mol. The first-order valence-electron chi connectivity index (χ1n) is 23.5. The van der Waals surface area contributed by atoms with Gasteiger partial charge in [-0.1, -0.05) is 43.2 Å². The molecule has 10 rings (SSSR count). The number of hydrogen-bond donors (Lipinski definition) is 2. The highest BCUT2D eigenvalue weighted by Crippen LogP contribution is 2.43. The third kappa shape index (κ3) is 9.72. The average Bonchev–Trinajstić information content (AvgIpc) is 4.11. The zero-order valence-electron chi connectivity index (χ0n) is 38.3. The number of pyridine rings is 1. The molecule has 0 unspecified atom stereocenters. The summed E-state index contributed by atoms with van der Waals surface area (Å²) in [5.74, 6) is -0.777. The van der Waals surface area contributed by atoms with Gasteiger partial charge in [-0.15, -0.1) is 0 Å². The number of nitro benzene ring substituents is 1. The number of aromatic amines is 1. The number of rotatable bonds is 13. The highest BCUT2D eigenvalue weighted by Gasteiger charge is 2.33. The second-order valence-corrected chi connectivity index (χ2v) is 21.5. The molecule has 18 heteroatoms.